The zero-order valence-corrected chi connectivity index (χ0v) is 11.2. The Labute approximate surface area is 108 Å². The van der Waals surface area contributed by atoms with Gasteiger partial charge < -0.3 is 0 Å². The molecule has 0 fully saturated rings. The molecule has 0 aliphatic rings. The predicted octanol–water partition coefficient (Wildman–Crippen LogP) is 4.75. The minimum Gasteiger partial charge on any atom is -0.0885 e. The number of hydrogen-bond donors (Lipinski definition) is 0. The average molecular weight is 316 g/mol. The topological polar surface area (TPSA) is 0 Å². The number of hydrogen-bond acceptors (Lipinski definition) is 0. The molecule has 1 atom stereocenters. The lowest BCUT2D eigenvalue weighted by molar-refractivity contribution is 0.784. The molecule has 0 nitrogen and oxygen atoms in total. The summed E-state index contributed by atoms with van der Waals surface area (Å²) in [6.45, 7) is 0. The monoisotopic (exact) mass is 314 g/mol. The van der Waals surface area contributed by atoms with Crippen LogP contribution in [0.3, 0.4) is 0 Å². The minimum absolute atomic E-state index is 0.192. The van der Waals surface area contributed by atoms with E-state index in [1.165, 1.54) is 5.56 Å². The smallest absolute Gasteiger partial charge is 0.0885 e. The molecule has 0 aliphatic heterocycles. The third kappa shape index (κ3) is 5.45. The maximum absolute atomic E-state index is 5.70. The summed E-state index contributed by atoms with van der Waals surface area (Å²) >= 11 is 20.6. The molecule has 0 aromatic heterocycles. The van der Waals surface area contributed by atoms with E-state index in [-0.39, 0.29) is 4.83 Å². The van der Waals surface area contributed by atoms with Crippen LogP contribution in [0.5, 0.6) is 0 Å². The number of alkyl halides is 4. The normalized spacial score (nSPS) is 14.0. The van der Waals surface area contributed by atoms with Gasteiger partial charge in [-0.1, -0.05) is 81.1 Å². The van der Waals surface area contributed by atoms with Crippen LogP contribution in [0.2, 0.25) is 0 Å². The Hall–Kier alpha value is 0.570. The van der Waals surface area contributed by atoms with Crippen molar-refractivity contribution in [2.45, 2.75) is 21.5 Å². The summed E-state index contributed by atoms with van der Waals surface area (Å²) in [5, 5.41) is 0. The van der Waals surface area contributed by atoms with Crippen molar-refractivity contribution in [3.8, 4) is 0 Å². The van der Waals surface area contributed by atoms with Gasteiger partial charge >= 0.3 is 0 Å². The standard InChI is InChI=1S/C10H10BrCl3/c11-9(7-10(12,13)14)6-8-4-2-1-3-5-8/h1-5,9H,6-7H2. The van der Waals surface area contributed by atoms with Crippen LogP contribution in [-0.4, -0.2) is 8.62 Å². The van der Waals surface area contributed by atoms with Gasteiger partial charge in [0.1, 0.15) is 0 Å². The summed E-state index contributed by atoms with van der Waals surface area (Å²) in [5.74, 6) is 0. The second kappa shape index (κ2) is 5.60. The molecule has 1 rings (SSSR count). The Kier molecular flexibility index (Phi) is 5.05. The zero-order valence-electron chi connectivity index (χ0n) is 7.39. The first-order valence-corrected chi connectivity index (χ1v) is 6.27. The first kappa shape index (κ1) is 12.6. The van der Waals surface area contributed by atoms with Crippen LogP contribution in [0, 0.1) is 0 Å². The highest BCUT2D eigenvalue weighted by Gasteiger charge is 2.23. The van der Waals surface area contributed by atoms with E-state index in [1.807, 2.05) is 18.2 Å². The van der Waals surface area contributed by atoms with Crippen molar-refractivity contribution in [3.05, 3.63) is 35.9 Å². The molecule has 1 aromatic carbocycles. The summed E-state index contributed by atoms with van der Waals surface area (Å²) in [6.07, 6.45) is 1.38. The summed E-state index contributed by atoms with van der Waals surface area (Å²) in [5.41, 5.74) is 1.24. The van der Waals surface area contributed by atoms with Gasteiger partial charge in [-0.25, -0.2) is 0 Å². The van der Waals surface area contributed by atoms with Gasteiger partial charge in [-0.2, -0.15) is 0 Å². The van der Waals surface area contributed by atoms with E-state index >= 15 is 0 Å². The highest BCUT2D eigenvalue weighted by Crippen LogP contribution is 2.34. The summed E-state index contributed by atoms with van der Waals surface area (Å²) < 4.78 is -1.18. The van der Waals surface area contributed by atoms with E-state index in [4.69, 9.17) is 34.8 Å². The molecule has 0 spiro atoms. The molecule has 78 valence electrons. The van der Waals surface area contributed by atoms with Gasteiger partial charge in [-0.05, 0) is 12.0 Å². The van der Waals surface area contributed by atoms with Crippen molar-refractivity contribution in [2.24, 2.45) is 0 Å². The van der Waals surface area contributed by atoms with Crippen LogP contribution >= 0.6 is 50.7 Å². The predicted molar refractivity (Wildman–Crippen MR) is 67.8 cm³/mol. The first-order valence-electron chi connectivity index (χ1n) is 4.22. The van der Waals surface area contributed by atoms with Crippen LogP contribution in [0.25, 0.3) is 0 Å². The maximum atomic E-state index is 5.70. The van der Waals surface area contributed by atoms with Crippen LogP contribution < -0.4 is 0 Å². The average Bonchev–Trinajstić information content (AvgIpc) is 2.02. The molecule has 0 heterocycles. The molecular weight excluding hydrogens is 306 g/mol. The molecule has 0 saturated heterocycles. The number of halogens is 4. The lowest BCUT2D eigenvalue weighted by atomic mass is 10.1. The highest BCUT2D eigenvalue weighted by atomic mass is 79.9. The van der Waals surface area contributed by atoms with E-state index in [2.05, 4.69) is 28.1 Å². The maximum Gasteiger partial charge on any atom is 0.191 e. The zero-order chi connectivity index (χ0) is 10.6. The third-order valence-corrected chi connectivity index (χ3v) is 2.86. The second-order valence-electron chi connectivity index (χ2n) is 3.11. The van der Waals surface area contributed by atoms with Crippen molar-refractivity contribution in [3.63, 3.8) is 0 Å². The van der Waals surface area contributed by atoms with Gasteiger partial charge in [-0.3, -0.25) is 0 Å². The Morgan fingerprint density at radius 2 is 1.71 bits per heavy atom. The second-order valence-corrected chi connectivity index (χ2v) is 6.92. The van der Waals surface area contributed by atoms with Gasteiger partial charge in [0.2, 0.25) is 0 Å². The Morgan fingerprint density at radius 3 is 2.21 bits per heavy atom. The quantitative estimate of drug-likeness (QED) is 0.706. The first-order chi connectivity index (χ1) is 6.47. The fraction of sp³-hybridized carbons (Fsp3) is 0.400. The molecule has 0 N–H and O–H groups in total. The molecule has 0 amide bonds. The molecule has 0 saturated carbocycles. The molecule has 0 aliphatic carbocycles. The molecule has 4 heteroatoms. The van der Waals surface area contributed by atoms with Gasteiger partial charge in [0.05, 0.1) is 0 Å². The molecule has 0 radical (unpaired) electrons. The van der Waals surface area contributed by atoms with E-state index < -0.39 is 3.79 Å². The fourth-order valence-corrected chi connectivity index (χ4v) is 3.17. The fourth-order valence-electron chi connectivity index (χ4n) is 1.19. The SMILES string of the molecule is ClC(Cl)(Cl)CC(Br)Cc1ccccc1. The Balaban J connectivity index is 2.46. The Morgan fingerprint density at radius 1 is 1.14 bits per heavy atom. The van der Waals surface area contributed by atoms with Crippen LogP contribution in [-0.2, 0) is 6.42 Å². The third-order valence-electron chi connectivity index (χ3n) is 1.75. The van der Waals surface area contributed by atoms with E-state index in [0.29, 0.717) is 6.42 Å². The van der Waals surface area contributed by atoms with Crippen LogP contribution in [0.4, 0.5) is 0 Å². The van der Waals surface area contributed by atoms with E-state index in [1.54, 1.807) is 0 Å². The van der Waals surface area contributed by atoms with Crippen LogP contribution in [0.15, 0.2) is 30.3 Å². The summed E-state index contributed by atoms with van der Waals surface area (Å²) in [4.78, 5) is 0.192. The van der Waals surface area contributed by atoms with Crippen molar-refractivity contribution >= 4 is 50.7 Å². The minimum atomic E-state index is -1.18. The van der Waals surface area contributed by atoms with Gasteiger partial charge in [0.25, 0.3) is 0 Å². The Bertz CT molecular complexity index is 268. The highest BCUT2D eigenvalue weighted by molar-refractivity contribution is 9.09. The largest absolute Gasteiger partial charge is 0.191 e. The molecule has 0 bridgehead atoms. The number of rotatable bonds is 3. The van der Waals surface area contributed by atoms with Crippen molar-refractivity contribution in [1.29, 1.82) is 0 Å². The van der Waals surface area contributed by atoms with Gasteiger partial charge in [0.15, 0.2) is 3.79 Å². The molecule has 14 heavy (non-hydrogen) atoms. The van der Waals surface area contributed by atoms with Crippen molar-refractivity contribution < 1.29 is 0 Å². The van der Waals surface area contributed by atoms with Crippen LogP contribution in [0.1, 0.15) is 12.0 Å². The van der Waals surface area contributed by atoms with E-state index in [0.717, 1.165) is 6.42 Å². The lowest BCUT2D eigenvalue weighted by Crippen LogP contribution is -2.13. The lowest BCUT2D eigenvalue weighted by Gasteiger charge is -2.15. The molecule has 1 unspecified atom stereocenters. The molecule has 1 aromatic rings. The number of benzene rings is 1. The van der Waals surface area contributed by atoms with Gasteiger partial charge in [-0.15, -0.1) is 0 Å². The van der Waals surface area contributed by atoms with Crippen molar-refractivity contribution in [1.82, 2.24) is 0 Å². The summed E-state index contributed by atoms with van der Waals surface area (Å²) in [6, 6.07) is 10.1. The van der Waals surface area contributed by atoms with Gasteiger partial charge in [0, 0.05) is 11.2 Å². The summed E-state index contributed by atoms with van der Waals surface area (Å²) in [7, 11) is 0. The van der Waals surface area contributed by atoms with E-state index in [9.17, 15) is 0 Å². The molecular formula is C10H10BrCl3. The van der Waals surface area contributed by atoms with Crippen molar-refractivity contribution in [2.75, 3.05) is 0 Å².